The summed E-state index contributed by atoms with van der Waals surface area (Å²) in [7, 11) is 0. The molecule has 16 heavy (non-hydrogen) atoms. The van der Waals surface area contributed by atoms with Gasteiger partial charge in [-0.05, 0) is 37.5 Å². The summed E-state index contributed by atoms with van der Waals surface area (Å²) in [6, 6.07) is 4.05. The molecule has 1 saturated carbocycles. The van der Waals surface area contributed by atoms with E-state index in [9.17, 15) is 0 Å². The SMILES string of the molecule is CC(N)c1ccn2c(Cl)c(C3CC3)nc2c1. The van der Waals surface area contributed by atoms with E-state index in [1.54, 1.807) is 0 Å². The zero-order chi connectivity index (χ0) is 11.3. The van der Waals surface area contributed by atoms with E-state index in [0.717, 1.165) is 22.1 Å². The van der Waals surface area contributed by atoms with Crippen LogP contribution in [0.25, 0.3) is 5.65 Å². The van der Waals surface area contributed by atoms with Gasteiger partial charge in [-0.15, -0.1) is 0 Å². The second-order valence-electron chi connectivity index (χ2n) is 4.54. The van der Waals surface area contributed by atoms with Gasteiger partial charge in [-0.2, -0.15) is 0 Å². The van der Waals surface area contributed by atoms with Crippen molar-refractivity contribution < 1.29 is 0 Å². The lowest BCUT2D eigenvalue weighted by Crippen LogP contribution is -2.05. The fraction of sp³-hybridized carbons (Fsp3) is 0.417. The van der Waals surface area contributed by atoms with Crippen LogP contribution in [0.2, 0.25) is 5.15 Å². The summed E-state index contributed by atoms with van der Waals surface area (Å²) in [6.07, 6.45) is 4.38. The Kier molecular flexibility index (Phi) is 2.19. The molecule has 2 aromatic heterocycles. The van der Waals surface area contributed by atoms with Crippen LogP contribution in [0.4, 0.5) is 0 Å². The predicted molar refractivity (Wildman–Crippen MR) is 64.8 cm³/mol. The highest BCUT2D eigenvalue weighted by Gasteiger charge is 2.29. The Balaban J connectivity index is 2.17. The number of rotatable bonds is 2. The minimum atomic E-state index is 0.0323. The molecule has 3 nitrogen and oxygen atoms in total. The van der Waals surface area contributed by atoms with Crippen molar-refractivity contribution in [1.82, 2.24) is 9.38 Å². The lowest BCUT2D eigenvalue weighted by molar-refractivity contribution is 0.815. The minimum absolute atomic E-state index is 0.0323. The number of nitrogens with zero attached hydrogens (tertiary/aromatic N) is 2. The Morgan fingerprint density at radius 2 is 2.31 bits per heavy atom. The molecule has 1 fully saturated rings. The summed E-state index contributed by atoms with van der Waals surface area (Å²) in [5.41, 5.74) is 8.89. The maximum absolute atomic E-state index is 6.29. The molecule has 1 atom stereocenters. The normalized spacial score (nSPS) is 17.9. The molecule has 0 aliphatic heterocycles. The molecule has 4 heteroatoms. The molecule has 0 spiro atoms. The summed E-state index contributed by atoms with van der Waals surface area (Å²) >= 11 is 6.29. The Bertz CT molecular complexity index is 540. The van der Waals surface area contributed by atoms with Crippen molar-refractivity contribution in [2.45, 2.75) is 31.7 Å². The molecule has 0 bridgehead atoms. The van der Waals surface area contributed by atoms with Gasteiger partial charge in [0.15, 0.2) is 0 Å². The van der Waals surface area contributed by atoms with Crippen molar-refractivity contribution >= 4 is 17.2 Å². The third kappa shape index (κ3) is 1.51. The predicted octanol–water partition coefficient (Wildman–Crippen LogP) is 2.88. The van der Waals surface area contributed by atoms with E-state index in [4.69, 9.17) is 17.3 Å². The maximum Gasteiger partial charge on any atom is 0.138 e. The van der Waals surface area contributed by atoms with Crippen LogP contribution in [-0.2, 0) is 0 Å². The van der Waals surface area contributed by atoms with Crippen LogP contribution in [0, 0.1) is 0 Å². The molecule has 0 saturated heterocycles. The molecule has 84 valence electrons. The average molecular weight is 236 g/mol. The number of pyridine rings is 1. The van der Waals surface area contributed by atoms with Crippen molar-refractivity contribution in [3.05, 3.63) is 34.7 Å². The van der Waals surface area contributed by atoms with Crippen LogP contribution in [0.15, 0.2) is 18.3 Å². The Morgan fingerprint density at radius 3 is 2.94 bits per heavy atom. The molecule has 1 aliphatic carbocycles. The van der Waals surface area contributed by atoms with Crippen LogP contribution in [0.3, 0.4) is 0 Å². The summed E-state index contributed by atoms with van der Waals surface area (Å²) in [5, 5.41) is 0.758. The van der Waals surface area contributed by atoms with Gasteiger partial charge in [0.1, 0.15) is 10.8 Å². The summed E-state index contributed by atoms with van der Waals surface area (Å²) in [5.74, 6) is 0.575. The number of imidazole rings is 1. The minimum Gasteiger partial charge on any atom is -0.324 e. The van der Waals surface area contributed by atoms with E-state index < -0.39 is 0 Å². The van der Waals surface area contributed by atoms with Crippen molar-refractivity contribution in [3.63, 3.8) is 0 Å². The number of fused-ring (bicyclic) bond motifs is 1. The monoisotopic (exact) mass is 235 g/mol. The summed E-state index contributed by atoms with van der Waals surface area (Å²) in [4.78, 5) is 4.59. The topological polar surface area (TPSA) is 43.3 Å². The molecule has 1 unspecified atom stereocenters. The van der Waals surface area contributed by atoms with Crippen LogP contribution in [-0.4, -0.2) is 9.38 Å². The van der Waals surface area contributed by atoms with E-state index >= 15 is 0 Å². The quantitative estimate of drug-likeness (QED) is 0.870. The second kappa shape index (κ2) is 3.47. The van der Waals surface area contributed by atoms with Gasteiger partial charge in [0.05, 0.1) is 5.69 Å². The lowest BCUT2D eigenvalue weighted by atomic mass is 10.1. The molecule has 2 N–H and O–H groups in total. The van der Waals surface area contributed by atoms with E-state index in [1.807, 2.05) is 29.7 Å². The number of hydrogen-bond acceptors (Lipinski definition) is 2. The van der Waals surface area contributed by atoms with Crippen molar-refractivity contribution in [2.24, 2.45) is 5.73 Å². The van der Waals surface area contributed by atoms with Crippen molar-refractivity contribution in [3.8, 4) is 0 Å². The largest absolute Gasteiger partial charge is 0.324 e. The Hall–Kier alpha value is -1.06. The van der Waals surface area contributed by atoms with Crippen molar-refractivity contribution in [1.29, 1.82) is 0 Å². The number of nitrogens with two attached hydrogens (primary N) is 1. The number of halogens is 1. The number of hydrogen-bond donors (Lipinski definition) is 1. The summed E-state index contributed by atoms with van der Waals surface area (Å²) in [6.45, 7) is 1.97. The average Bonchev–Trinajstić information content (AvgIpc) is 3.04. The van der Waals surface area contributed by atoms with Gasteiger partial charge in [0.2, 0.25) is 0 Å². The first kappa shape index (κ1) is 10.1. The number of aromatic nitrogens is 2. The van der Waals surface area contributed by atoms with E-state index in [1.165, 1.54) is 12.8 Å². The standard InChI is InChI=1S/C12H14ClN3/c1-7(14)9-4-5-16-10(6-9)15-11(12(16)13)8-2-3-8/h4-8H,2-3,14H2,1H3. The van der Waals surface area contributed by atoms with Gasteiger partial charge < -0.3 is 5.73 Å². The molecule has 0 radical (unpaired) electrons. The van der Waals surface area contributed by atoms with Crippen LogP contribution < -0.4 is 5.73 Å². The zero-order valence-corrected chi connectivity index (χ0v) is 9.91. The molecular formula is C12H14ClN3. The Labute approximate surface area is 99.2 Å². The van der Waals surface area contributed by atoms with Crippen LogP contribution >= 0.6 is 11.6 Å². The third-order valence-electron chi connectivity index (χ3n) is 3.11. The molecule has 0 amide bonds. The zero-order valence-electron chi connectivity index (χ0n) is 9.15. The van der Waals surface area contributed by atoms with Gasteiger partial charge >= 0.3 is 0 Å². The van der Waals surface area contributed by atoms with E-state index in [2.05, 4.69) is 4.98 Å². The first-order chi connectivity index (χ1) is 7.66. The molecular weight excluding hydrogens is 222 g/mol. The van der Waals surface area contributed by atoms with Gasteiger partial charge in [0, 0.05) is 18.2 Å². The lowest BCUT2D eigenvalue weighted by Gasteiger charge is -2.05. The fourth-order valence-corrected chi connectivity index (χ4v) is 2.29. The maximum atomic E-state index is 6.29. The first-order valence-corrected chi connectivity index (χ1v) is 5.97. The van der Waals surface area contributed by atoms with E-state index in [-0.39, 0.29) is 6.04 Å². The molecule has 1 aliphatic rings. The van der Waals surface area contributed by atoms with Crippen LogP contribution in [0.1, 0.15) is 43.0 Å². The highest BCUT2D eigenvalue weighted by Crippen LogP contribution is 2.42. The fourth-order valence-electron chi connectivity index (χ4n) is 1.95. The Morgan fingerprint density at radius 1 is 1.56 bits per heavy atom. The smallest absolute Gasteiger partial charge is 0.138 e. The molecule has 0 aromatic carbocycles. The highest BCUT2D eigenvalue weighted by atomic mass is 35.5. The molecule has 2 heterocycles. The first-order valence-electron chi connectivity index (χ1n) is 5.60. The van der Waals surface area contributed by atoms with Gasteiger partial charge in [-0.25, -0.2) is 4.98 Å². The molecule has 3 rings (SSSR count). The van der Waals surface area contributed by atoms with Crippen LogP contribution in [0.5, 0.6) is 0 Å². The van der Waals surface area contributed by atoms with Gasteiger partial charge in [0.25, 0.3) is 0 Å². The highest BCUT2D eigenvalue weighted by molar-refractivity contribution is 6.30. The third-order valence-corrected chi connectivity index (χ3v) is 3.48. The van der Waals surface area contributed by atoms with E-state index in [0.29, 0.717) is 5.92 Å². The summed E-state index contributed by atoms with van der Waals surface area (Å²) < 4.78 is 1.93. The second-order valence-corrected chi connectivity index (χ2v) is 4.90. The molecule has 2 aromatic rings. The van der Waals surface area contributed by atoms with Crippen molar-refractivity contribution in [2.75, 3.05) is 0 Å². The van der Waals surface area contributed by atoms with Gasteiger partial charge in [-0.1, -0.05) is 11.6 Å². The van der Waals surface area contributed by atoms with Gasteiger partial charge in [-0.3, -0.25) is 4.40 Å².